The Morgan fingerprint density at radius 2 is 1.81 bits per heavy atom. The van der Waals surface area contributed by atoms with Gasteiger partial charge in [0.1, 0.15) is 17.5 Å². The molecule has 2 aromatic carbocycles. The van der Waals surface area contributed by atoms with Gasteiger partial charge in [-0.15, -0.1) is 11.8 Å². The second-order valence-corrected chi connectivity index (χ2v) is 5.69. The highest BCUT2D eigenvalue weighted by Gasteiger charge is 2.17. The number of amides is 1. The molecule has 0 saturated heterocycles. The van der Waals surface area contributed by atoms with Gasteiger partial charge in [-0.25, -0.2) is 13.2 Å². The summed E-state index contributed by atoms with van der Waals surface area (Å²) in [5, 5.41) is 1.72. The first-order valence-corrected chi connectivity index (χ1v) is 7.02. The van der Waals surface area contributed by atoms with Crippen LogP contribution in [0, 0.1) is 17.5 Å². The fourth-order valence-electron chi connectivity index (χ4n) is 1.61. The van der Waals surface area contributed by atoms with E-state index in [9.17, 15) is 18.0 Å². The van der Waals surface area contributed by atoms with Crippen molar-refractivity contribution in [2.45, 2.75) is 17.1 Å². The van der Waals surface area contributed by atoms with Gasteiger partial charge in [-0.2, -0.15) is 0 Å². The molecule has 0 aromatic heterocycles. The van der Waals surface area contributed by atoms with Gasteiger partial charge in [-0.05, 0) is 31.2 Å². The Bertz CT molecular complexity index is 663. The van der Waals surface area contributed by atoms with Crippen LogP contribution in [0.3, 0.4) is 0 Å². The van der Waals surface area contributed by atoms with E-state index in [2.05, 4.69) is 5.32 Å². The zero-order valence-electron chi connectivity index (χ0n) is 11.1. The highest BCUT2D eigenvalue weighted by Crippen LogP contribution is 2.27. The summed E-state index contributed by atoms with van der Waals surface area (Å²) in [4.78, 5) is 12.3. The Hall–Kier alpha value is -1.95. The van der Waals surface area contributed by atoms with Gasteiger partial charge in [0.05, 0.1) is 10.9 Å². The van der Waals surface area contributed by atoms with Crippen LogP contribution in [0.1, 0.15) is 6.92 Å². The van der Waals surface area contributed by atoms with Crippen LogP contribution in [0.25, 0.3) is 0 Å². The molecule has 0 bridgehead atoms. The number of carbonyl (C=O) groups excluding carboxylic acids is 1. The number of nitrogens with one attached hydrogen (secondary N) is 1. The first-order valence-electron chi connectivity index (χ1n) is 6.14. The SMILES string of the molecule is C[C@H](Sc1ccccc1F)C(=O)Nc1ccc(F)cc1F. The molecule has 21 heavy (non-hydrogen) atoms. The normalized spacial score (nSPS) is 12.0. The lowest BCUT2D eigenvalue weighted by atomic mass is 10.3. The molecule has 0 unspecified atom stereocenters. The maximum absolute atomic E-state index is 13.5. The van der Waals surface area contributed by atoms with E-state index in [0.717, 1.165) is 23.9 Å². The maximum Gasteiger partial charge on any atom is 0.237 e. The standard InChI is InChI=1S/C15H12F3NOS/c1-9(21-14-5-3-2-4-11(14)17)15(20)19-13-7-6-10(16)8-12(13)18/h2-9H,1H3,(H,19,20)/t9-/m0/s1. The smallest absolute Gasteiger partial charge is 0.237 e. The van der Waals surface area contributed by atoms with E-state index in [0.29, 0.717) is 11.0 Å². The number of rotatable bonds is 4. The quantitative estimate of drug-likeness (QED) is 0.856. The Kier molecular flexibility index (Phi) is 4.90. The molecule has 1 atom stereocenters. The minimum absolute atomic E-state index is 0.109. The van der Waals surface area contributed by atoms with Crippen molar-refractivity contribution in [3.8, 4) is 0 Å². The van der Waals surface area contributed by atoms with Crippen molar-refractivity contribution >= 4 is 23.4 Å². The Morgan fingerprint density at radius 1 is 1.10 bits per heavy atom. The number of anilines is 1. The van der Waals surface area contributed by atoms with E-state index < -0.39 is 28.6 Å². The summed E-state index contributed by atoms with van der Waals surface area (Å²) < 4.78 is 39.7. The highest BCUT2D eigenvalue weighted by atomic mass is 32.2. The summed E-state index contributed by atoms with van der Waals surface area (Å²) in [6.45, 7) is 1.58. The van der Waals surface area contributed by atoms with E-state index in [1.807, 2.05) is 0 Å². The van der Waals surface area contributed by atoms with Crippen LogP contribution in [-0.2, 0) is 4.79 Å². The Labute approximate surface area is 124 Å². The molecular formula is C15H12F3NOS. The second kappa shape index (κ2) is 6.67. The molecule has 0 heterocycles. The van der Waals surface area contributed by atoms with Crippen molar-refractivity contribution in [3.05, 3.63) is 59.9 Å². The highest BCUT2D eigenvalue weighted by molar-refractivity contribution is 8.00. The zero-order chi connectivity index (χ0) is 15.4. The van der Waals surface area contributed by atoms with Crippen LogP contribution in [0.2, 0.25) is 0 Å². The molecule has 0 radical (unpaired) electrons. The van der Waals surface area contributed by atoms with Crippen LogP contribution >= 0.6 is 11.8 Å². The molecule has 2 rings (SSSR count). The second-order valence-electron chi connectivity index (χ2n) is 4.30. The molecule has 0 spiro atoms. The molecular weight excluding hydrogens is 299 g/mol. The minimum atomic E-state index is -0.855. The first kappa shape index (κ1) is 15.4. The molecule has 0 saturated carbocycles. The summed E-state index contributed by atoms with van der Waals surface area (Å²) in [6.07, 6.45) is 0. The van der Waals surface area contributed by atoms with Gasteiger partial charge in [0.15, 0.2) is 0 Å². The van der Waals surface area contributed by atoms with Gasteiger partial charge in [-0.1, -0.05) is 12.1 Å². The maximum atomic E-state index is 13.5. The monoisotopic (exact) mass is 311 g/mol. The lowest BCUT2D eigenvalue weighted by molar-refractivity contribution is -0.115. The van der Waals surface area contributed by atoms with Gasteiger partial charge >= 0.3 is 0 Å². The van der Waals surface area contributed by atoms with Gasteiger partial charge < -0.3 is 5.32 Å². The number of thioether (sulfide) groups is 1. The summed E-state index contributed by atoms with van der Waals surface area (Å²) >= 11 is 1.02. The number of carbonyl (C=O) groups is 1. The summed E-state index contributed by atoms with van der Waals surface area (Å²) in [5.74, 6) is -2.49. The van der Waals surface area contributed by atoms with Crippen molar-refractivity contribution in [2.75, 3.05) is 5.32 Å². The Morgan fingerprint density at radius 3 is 2.48 bits per heavy atom. The van der Waals surface area contributed by atoms with E-state index in [1.165, 1.54) is 6.07 Å². The Balaban J connectivity index is 2.04. The van der Waals surface area contributed by atoms with Crippen molar-refractivity contribution < 1.29 is 18.0 Å². The van der Waals surface area contributed by atoms with Crippen LogP contribution in [-0.4, -0.2) is 11.2 Å². The molecule has 1 amide bonds. The molecule has 2 nitrogen and oxygen atoms in total. The number of benzene rings is 2. The number of hydrogen-bond donors (Lipinski definition) is 1. The van der Waals surface area contributed by atoms with Crippen LogP contribution < -0.4 is 5.32 Å². The average Bonchev–Trinajstić information content (AvgIpc) is 2.44. The topological polar surface area (TPSA) is 29.1 Å². The minimum Gasteiger partial charge on any atom is -0.323 e. The molecule has 0 aliphatic carbocycles. The fraction of sp³-hybridized carbons (Fsp3) is 0.133. The summed E-state index contributed by atoms with van der Waals surface area (Å²) in [7, 11) is 0. The summed E-state index contributed by atoms with van der Waals surface area (Å²) in [6, 6.07) is 8.95. The molecule has 0 fully saturated rings. The third kappa shape index (κ3) is 4.01. The van der Waals surface area contributed by atoms with Gasteiger partial charge in [0.2, 0.25) is 5.91 Å². The fourth-order valence-corrected chi connectivity index (χ4v) is 2.49. The predicted molar refractivity (Wildman–Crippen MR) is 76.7 cm³/mol. The third-order valence-corrected chi connectivity index (χ3v) is 3.85. The number of hydrogen-bond acceptors (Lipinski definition) is 2. The van der Waals surface area contributed by atoms with Crippen molar-refractivity contribution in [1.29, 1.82) is 0 Å². The molecule has 110 valence electrons. The van der Waals surface area contributed by atoms with Crippen LogP contribution in [0.4, 0.5) is 18.9 Å². The van der Waals surface area contributed by atoms with E-state index in [1.54, 1.807) is 25.1 Å². The molecule has 6 heteroatoms. The van der Waals surface area contributed by atoms with Crippen molar-refractivity contribution in [3.63, 3.8) is 0 Å². The lowest BCUT2D eigenvalue weighted by Crippen LogP contribution is -2.23. The van der Waals surface area contributed by atoms with E-state index in [4.69, 9.17) is 0 Å². The zero-order valence-corrected chi connectivity index (χ0v) is 11.9. The lowest BCUT2D eigenvalue weighted by Gasteiger charge is -2.13. The summed E-state index contributed by atoms with van der Waals surface area (Å²) in [5.41, 5.74) is -0.109. The van der Waals surface area contributed by atoms with E-state index >= 15 is 0 Å². The van der Waals surface area contributed by atoms with Gasteiger partial charge in [0.25, 0.3) is 0 Å². The molecule has 2 aromatic rings. The molecule has 0 aliphatic heterocycles. The van der Waals surface area contributed by atoms with Crippen molar-refractivity contribution in [2.24, 2.45) is 0 Å². The van der Waals surface area contributed by atoms with Crippen molar-refractivity contribution in [1.82, 2.24) is 0 Å². The first-order chi connectivity index (χ1) is 9.97. The molecule has 0 aliphatic rings. The van der Waals surface area contributed by atoms with Gasteiger partial charge in [-0.3, -0.25) is 4.79 Å². The predicted octanol–water partition coefficient (Wildman–Crippen LogP) is 4.22. The largest absolute Gasteiger partial charge is 0.323 e. The molecule has 1 N–H and O–H groups in total. The third-order valence-electron chi connectivity index (χ3n) is 2.70. The van der Waals surface area contributed by atoms with Gasteiger partial charge in [0, 0.05) is 11.0 Å². The van der Waals surface area contributed by atoms with E-state index in [-0.39, 0.29) is 5.69 Å². The van der Waals surface area contributed by atoms with Crippen LogP contribution in [0.15, 0.2) is 47.4 Å². The van der Waals surface area contributed by atoms with Crippen LogP contribution in [0.5, 0.6) is 0 Å². The number of halogens is 3. The average molecular weight is 311 g/mol.